The summed E-state index contributed by atoms with van der Waals surface area (Å²) in [5, 5.41) is 25.3. The molecule has 0 aliphatic heterocycles. The highest BCUT2D eigenvalue weighted by Crippen LogP contribution is 2.36. The quantitative estimate of drug-likeness (QED) is 0.153. The van der Waals surface area contributed by atoms with Gasteiger partial charge < -0.3 is 20.9 Å². The number of nitrogens with one attached hydrogen (secondary N) is 3. The first-order valence-electron chi connectivity index (χ1n) is 14.6. The van der Waals surface area contributed by atoms with Crippen molar-refractivity contribution in [3.8, 4) is 6.07 Å². The van der Waals surface area contributed by atoms with Crippen LogP contribution >= 0.6 is 0 Å². The Morgan fingerprint density at radius 1 is 1.02 bits per heavy atom. The zero-order valence-corrected chi connectivity index (χ0v) is 24.9. The molecular formula is C35H33F3N6O. The first-order chi connectivity index (χ1) is 21.5. The average molecular weight is 611 g/mol. The molecule has 4 aromatic carbocycles. The highest BCUT2D eigenvalue weighted by Gasteiger charge is 2.36. The molecule has 0 heterocycles. The second-order valence-electron chi connectivity index (χ2n) is 11.4. The minimum Gasteiger partial charge on any atom is -0.377 e. The van der Waals surface area contributed by atoms with Crippen molar-refractivity contribution in [2.24, 2.45) is 10.9 Å². The standard InChI is InChI=1S/C35H33F3N6O/c1-44(2)31-16-15-29(27-11-3-4-12-28(27)31)33(41-21-22-13-14-22)24-8-6-10-26(18-24)43-34(45)30(19-32(40)35(36,37)38)42-25-9-5-7-23(17-25)20-39/h3-12,15-18,22,33,40-41H,13-14,19,21H2,1-2H3,(H,43,45). The van der Waals surface area contributed by atoms with E-state index in [9.17, 15) is 23.2 Å². The molecule has 10 heteroatoms. The fourth-order valence-corrected chi connectivity index (χ4v) is 5.20. The van der Waals surface area contributed by atoms with E-state index < -0.39 is 29.9 Å². The number of anilines is 2. The number of halogens is 3. The molecular weight excluding hydrogens is 577 g/mol. The van der Waals surface area contributed by atoms with Gasteiger partial charge in [0.25, 0.3) is 5.91 Å². The first kappa shape index (κ1) is 31.4. The first-order valence-corrected chi connectivity index (χ1v) is 14.6. The zero-order chi connectivity index (χ0) is 32.1. The van der Waals surface area contributed by atoms with Gasteiger partial charge in [-0.1, -0.05) is 48.5 Å². The third-order valence-corrected chi connectivity index (χ3v) is 7.70. The van der Waals surface area contributed by atoms with Gasteiger partial charge in [0.1, 0.15) is 11.4 Å². The molecule has 0 bridgehead atoms. The van der Waals surface area contributed by atoms with Crippen LogP contribution in [0.1, 0.15) is 42.0 Å². The fourth-order valence-electron chi connectivity index (χ4n) is 5.20. The predicted octanol–water partition coefficient (Wildman–Crippen LogP) is 7.55. The van der Waals surface area contributed by atoms with Gasteiger partial charge in [-0.3, -0.25) is 4.79 Å². The van der Waals surface area contributed by atoms with Crippen LogP contribution in [0.5, 0.6) is 0 Å². The van der Waals surface area contributed by atoms with Crippen LogP contribution in [0.3, 0.4) is 0 Å². The van der Waals surface area contributed by atoms with E-state index in [0.29, 0.717) is 11.6 Å². The maximum atomic E-state index is 13.4. The molecule has 5 rings (SSSR count). The van der Waals surface area contributed by atoms with Gasteiger partial charge in [0, 0.05) is 37.3 Å². The molecule has 0 saturated heterocycles. The molecule has 1 fully saturated rings. The number of carbonyl (C=O) groups is 1. The van der Waals surface area contributed by atoms with E-state index in [1.54, 1.807) is 18.2 Å². The minimum atomic E-state index is -4.92. The summed E-state index contributed by atoms with van der Waals surface area (Å²) < 4.78 is 39.9. The van der Waals surface area contributed by atoms with Crippen molar-refractivity contribution in [3.05, 3.63) is 102 Å². The van der Waals surface area contributed by atoms with Crippen LogP contribution in [-0.4, -0.2) is 44.1 Å². The number of carbonyl (C=O) groups excluding carboxylic acids is 1. The number of aliphatic imine (C=N–C) groups is 1. The van der Waals surface area contributed by atoms with Crippen molar-refractivity contribution in [2.75, 3.05) is 30.9 Å². The Labute approximate surface area is 259 Å². The number of hydrogen-bond donors (Lipinski definition) is 3. The largest absolute Gasteiger partial charge is 0.429 e. The van der Waals surface area contributed by atoms with E-state index in [1.165, 1.54) is 37.1 Å². The smallest absolute Gasteiger partial charge is 0.377 e. The maximum absolute atomic E-state index is 13.4. The Morgan fingerprint density at radius 3 is 2.44 bits per heavy atom. The minimum absolute atomic E-state index is 0.139. The van der Waals surface area contributed by atoms with Gasteiger partial charge in [-0.2, -0.15) is 18.4 Å². The van der Waals surface area contributed by atoms with Crippen molar-refractivity contribution < 1.29 is 18.0 Å². The number of fused-ring (bicyclic) bond motifs is 1. The molecule has 1 unspecified atom stereocenters. The summed E-state index contributed by atoms with van der Waals surface area (Å²) >= 11 is 0. The van der Waals surface area contributed by atoms with E-state index in [1.807, 2.05) is 38.4 Å². The summed E-state index contributed by atoms with van der Waals surface area (Å²) in [7, 11) is 4.01. The van der Waals surface area contributed by atoms with Gasteiger partial charge in [0.2, 0.25) is 0 Å². The van der Waals surface area contributed by atoms with E-state index >= 15 is 0 Å². The second kappa shape index (κ2) is 13.3. The topological polar surface area (TPSA) is 104 Å². The summed E-state index contributed by atoms with van der Waals surface area (Å²) in [5.74, 6) is -0.267. The molecule has 1 saturated carbocycles. The van der Waals surface area contributed by atoms with Crippen molar-refractivity contribution in [1.29, 1.82) is 10.7 Å². The summed E-state index contributed by atoms with van der Waals surface area (Å²) in [4.78, 5) is 19.6. The van der Waals surface area contributed by atoms with E-state index in [0.717, 1.165) is 34.1 Å². The lowest BCUT2D eigenvalue weighted by Gasteiger charge is -2.24. The number of rotatable bonds is 11. The van der Waals surface area contributed by atoms with Crippen LogP contribution in [-0.2, 0) is 4.79 Å². The van der Waals surface area contributed by atoms with Crippen LogP contribution < -0.4 is 15.5 Å². The summed E-state index contributed by atoms with van der Waals surface area (Å²) in [6, 6.07) is 27.2. The van der Waals surface area contributed by atoms with Crippen LogP contribution in [0, 0.1) is 22.7 Å². The molecule has 0 aromatic heterocycles. The van der Waals surface area contributed by atoms with Crippen LogP contribution in [0.15, 0.2) is 89.9 Å². The van der Waals surface area contributed by atoms with E-state index in [-0.39, 0.29) is 17.3 Å². The zero-order valence-electron chi connectivity index (χ0n) is 24.9. The number of nitrogens with zero attached hydrogens (tertiary/aromatic N) is 3. The number of amides is 1. The summed E-state index contributed by atoms with van der Waals surface area (Å²) in [5.41, 5.74) is 1.70. The third-order valence-electron chi connectivity index (χ3n) is 7.70. The van der Waals surface area contributed by atoms with Crippen molar-refractivity contribution in [1.82, 2.24) is 5.32 Å². The molecule has 1 amide bonds. The predicted molar refractivity (Wildman–Crippen MR) is 173 cm³/mol. The molecule has 4 aromatic rings. The molecule has 230 valence electrons. The Kier molecular flexibility index (Phi) is 9.30. The normalized spacial score (nSPS) is 14.1. The Balaban J connectivity index is 1.49. The van der Waals surface area contributed by atoms with Gasteiger partial charge >= 0.3 is 6.18 Å². The second-order valence-corrected chi connectivity index (χ2v) is 11.4. The lowest BCUT2D eigenvalue weighted by molar-refractivity contribution is -0.110. The van der Waals surface area contributed by atoms with E-state index in [4.69, 9.17) is 5.41 Å². The number of nitriles is 1. The summed E-state index contributed by atoms with van der Waals surface area (Å²) in [6.07, 6.45) is -3.60. The molecule has 3 N–H and O–H groups in total. The molecule has 1 atom stereocenters. The summed E-state index contributed by atoms with van der Waals surface area (Å²) in [6.45, 7) is 0.823. The lowest BCUT2D eigenvalue weighted by atomic mass is 9.92. The van der Waals surface area contributed by atoms with Gasteiger partial charge in [0.05, 0.1) is 23.4 Å². The van der Waals surface area contributed by atoms with Crippen molar-refractivity contribution >= 4 is 45.2 Å². The molecule has 7 nitrogen and oxygen atoms in total. The molecule has 1 aliphatic carbocycles. The van der Waals surface area contributed by atoms with Crippen LogP contribution in [0.25, 0.3) is 10.8 Å². The number of benzene rings is 4. The van der Waals surface area contributed by atoms with E-state index in [2.05, 4.69) is 44.8 Å². The number of hydrogen-bond acceptors (Lipinski definition) is 6. The van der Waals surface area contributed by atoms with Crippen molar-refractivity contribution in [2.45, 2.75) is 31.5 Å². The Bertz CT molecular complexity index is 1800. The Hall–Kier alpha value is -5.01. The third kappa shape index (κ3) is 7.75. The Morgan fingerprint density at radius 2 is 1.76 bits per heavy atom. The van der Waals surface area contributed by atoms with Gasteiger partial charge in [-0.25, -0.2) is 4.99 Å². The molecule has 45 heavy (non-hydrogen) atoms. The van der Waals surface area contributed by atoms with Crippen LogP contribution in [0.2, 0.25) is 0 Å². The van der Waals surface area contributed by atoms with Gasteiger partial charge in [-0.05, 0) is 78.2 Å². The maximum Gasteiger partial charge on any atom is 0.429 e. The molecule has 0 spiro atoms. The number of alkyl halides is 3. The highest BCUT2D eigenvalue weighted by atomic mass is 19.4. The van der Waals surface area contributed by atoms with Gasteiger partial charge in [0.15, 0.2) is 0 Å². The highest BCUT2D eigenvalue weighted by molar-refractivity contribution is 6.46. The SMILES string of the molecule is CN(C)c1ccc(C(NCC2CC2)c2cccc(NC(=O)C(CC(=N)C(F)(F)F)=Nc3cccc(C#N)c3)c2)c2ccccc12. The molecule has 1 aliphatic rings. The molecule has 0 radical (unpaired) electrons. The van der Waals surface area contributed by atoms with Crippen molar-refractivity contribution in [3.63, 3.8) is 0 Å². The van der Waals surface area contributed by atoms with Gasteiger partial charge in [-0.15, -0.1) is 0 Å². The fraction of sp³-hybridized carbons (Fsp3) is 0.257. The van der Waals surface area contributed by atoms with Crippen LogP contribution in [0.4, 0.5) is 30.2 Å². The lowest BCUT2D eigenvalue weighted by Crippen LogP contribution is -2.31. The monoisotopic (exact) mass is 610 g/mol. The average Bonchev–Trinajstić information content (AvgIpc) is 3.85.